The van der Waals surface area contributed by atoms with E-state index in [1.165, 1.54) is 0 Å². The van der Waals surface area contributed by atoms with Gasteiger partial charge in [-0.3, -0.25) is 9.88 Å². The van der Waals surface area contributed by atoms with Gasteiger partial charge in [0, 0.05) is 24.5 Å². The first kappa shape index (κ1) is 16.7. The van der Waals surface area contributed by atoms with Crippen LogP contribution in [0.25, 0.3) is 0 Å². The standard InChI is InChI=1S/C20H22N2O4/c1-19-15-11-17(25-4)16(24-3)10-13(15)7-9-22(19)18(23)26-20(19,2)14-6-5-8-21-12-14/h5-6,8,10-12H,7,9H2,1-4H3/t19-,20+/m1/s1. The predicted octanol–water partition coefficient (Wildman–Crippen LogP) is 3.24. The van der Waals surface area contributed by atoms with E-state index in [-0.39, 0.29) is 6.09 Å². The monoisotopic (exact) mass is 354 g/mol. The van der Waals surface area contributed by atoms with Crippen LogP contribution in [-0.4, -0.2) is 36.7 Å². The van der Waals surface area contributed by atoms with Crippen LogP contribution in [0.1, 0.15) is 30.5 Å². The summed E-state index contributed by atoms with van der Waals surface area (Å²) in [6.07, 6.45) is 3.91. The van der Waals surface area contributed by atoms with E-state index in [2.05, 4.69) is 11.9 Å². The molecule has 6 nitrogen and oxygen atoms in total. The lowest BCUT2D eigenvalue weighted by Crippen LogP contribution is -2.54. The largest absolute Gasteiger partial charge is 0.493 e. The summed E-state index contributed by atoms with van der Waals surface area (Å²) in [6, 6.07) is 7.78. The van der Waals surface area contributed by atoms with E-state index in [9.17, 15) is 4.79 Å². The van der Waals surface area contributed by atoms with Crippen molar-refractivity contribution in [2.45, 2.75) is 31.4 Å². The first-order valence-electron chi connectivity index (χ1n) is 8.62. The molecule has 0 unspecified atom stereocenters. The van der Waals surface area contributed by atoms with E-state index in [1.807, 2.05) is 36.1 Å². The maximum atomic E-state index is 12.7. The Balaban J connectivity index is 1.97. The van der Waals surface area contributed by atoms with Crippen molar-refractivity contribution in [2.24, 2.45) is 0 Å². The van der Waals surface area contributed by atoms with E-state index in [4.69, 9.17) is 14.2 Å². The molecule has 1 saturated heterocycles. The number of hydrogen-bond donors (Lipinski definition) is 0. The van der Waals surface area contributed by atoms with Crippen LogP contribution in [0.3, 0.4) is 0 Å². The minimum atomic E-state index is -0.868. The highest BCUT2D eigenvalue weighted by molar-refractivity contribution is 5.75. The molecule has 0 saturated carbocycles. The van der Waals surface area contributed by atoms with Crippen LogP contribution in [-0.2, 0) is 22.3 Å². The van der Waals surface area contributed by atoms with Gasteiger partial charge in [-0.2, -0.15) is 0 Å². The van der Waals surface area contributed by atoms with Crippen LogP contribution in [0.15, 0.2) is 36.7 Å². The molecule has 1 fully saturated rings. The second-order valence-corrected chi connectivity index (χ2v) is 6.98. The van der Waals surface area contributed by atoms with E-state index in [0.717, 1.165) is 23.1 Å². The number of rotatable bonds is 3. The topological polar surface area (TPSA) is 60.9 Å². The summed E-state index contributed by atoms with van der Waals surface area (Å²) < 4.78 is 16.9. The summed E-state index contributed by atoms with van der Waals surface area (Å²) in [4.78, 5) is 18.8. The number of benzene rings is 1. The van der Waals surface area contributed by atoms with Gasteiger partial charge in [0.2, 0.25) is 0 Å². The Morgan fingerprint density at radius 1 is 1.19 bits per heavy atom. The van der Waals surface area contributed by atoms with Gasteiger partial charge in [-0.1, -0.05) is 6.07 Å². The number of fused-ring (bicyclic) bond motifs is 3. The number of carbonyl (C=O) groups is 1. The molecule has 0 radical (unpaired) electrons. The summed E-state index contributed by atoms with van der Waals surface area (Å²) in [6.45, 7) is 4.59. The Bertz CT molecular complexity index is 870. The van der Waals surface area contributed by atoms with Crippen LogP contribution in [0, 0.1) is 0 Å². The smallest absolute Gasteiger partial charge is 0.411 e. The molecule has 0 bridgehead atoms. The van der Waals surface area contributed by atoms with Crippen LogP contribution in [0.2, 0.25) is 0 Å². The third-order valence-corrected chi connectivity index (χ3v) is 5.93. The normalized spacial score (nSPS) is 26.8. The van der Waals surface area contributed by atoms with Gasteiger partial charge in [0.05, 0.1) is 14.2 Å². The van der Waals surface area contributed by atoms with Gasteiger partial charge in [-0.25, -0.2) is 4.79 Å². The number of ether oxygens (including phenoxy) is 3. The van der Waals surface area contributed by atoms with Crippen molar-refractivity contribution in [2.75, 3.05) is 20.8 Å². The average Bonchev–Trinajstić information content (AvgIpc) is 2.88. The van der Waals surface area contributed by atoms with Crippen molar-refractivity contribution in [3.05, 3.63) is 53.3 Å². The molecule has 2 aliphatic heterocycles. The first-order valence-corrected chi connectivity index (χ1v) is 8.62. The number of carbonyl (C=O) groups excluding carboxylic acids is 1. The van der Waals surface area contributed by atoms with Crippen molar-refractivity contribution in [1.29, 1.82) is 0 Å². The molecule has 1 aromatic carbocycles. The first-order chi connectivity index (χ1) is 12.5. The molecule has 26 heavy (non-hydrogen) atoms. The van der Waals surface area contributed by atoms with Crippen LogP contribution < -0.4 is 9.47 Å². The molecule has 1 amide bonds. The second kappa shape index (κ2) is 5.62. The van der Waals surface area contributed by atoms with Crippen LogP contribution in [0.4, 0.5) is 4.79 Å². The lowest BCUT2D eigenvalue weighted by Gasteiger charge is -2.46. The zero-order chi connectivity index (χ0) is 18.5. The highest BCUT2D eigenvalue weighted by atomic mass is 16.6. The van der Waals surface area contributed by atoms with Gasteiger partial charge in [0.1, 0.15) is 5.54 Å². The molecule has 3 heterocycles. The third kappa shape index (κ3) is 1.98. The van der Waals surface area contributed by atoms with E-state index in [1.54, 1.807) is 26.6 Å². The number of hydrogen-bond acceptors (Lipinski definition) is 5. The minimum absolute atomic E-state index is 0.306. The SMILES string of the molecule is COc1cc2c(cc1OC)[C@@]1(C)N(CC2)C(=O)O[C@@]1(C)c1cccnc1. The molecular formula is C20H22N2O4. The number of pyridine rings is 1. The summed E-state index contributed by atoms with van der Waals surface area (Å²) >= 11 is 0. The van der Waals surface area contributed by atoms with Gasteiger partial charge in [0.15, 0.2) is 17.1 Å². The molecule has 0 aliphatic carbocycles. The molecule has 2 atom stereocenters. The fourth-order valence-corrected chi connectivity index (χ4v) is 4.28. The molecule has 1 aromatic heterocycles. The van der Waals surface area contributed by atoms with Gasteiger partial charge < -0.3 is 14.2 Å². The van der Waals surface area contributed by atoms with Crippen LogP contribution in [0.5, 0.6) is 11.5 Å². The second-order valence-electron chi connectivity index (χ2n) is 6.98. The Morgan fingerprint density at radius 3 is 2.58 bits per heavy atom. The average molecular weight is 354 g/mol. The summed E-state index contributed by atoms with van der Waals surface area (Å²) in [5.74, 6) is 1.33. The number of nitrogens with zero attached hydrogens (tertiary/aromatic N) is 2. The minimum Gasteiger partial charge on any atom is -0.493 e. The number of aromatic nitrogens is 1. The van der Waals surface area contributed by atoms with Crippen molar-refractivity contribution in [1.82, 2.24) is 9.88 Å². The maximum absolute atomic E-state index is 12.7. The van der Waals surface area contributed by atoms with Gasteiger partial charge in [-0.15, -0.1) is 0 Å². The van der Waals surface area contributed by atoms with Crippen LogP contribution >= 0.6 is 0 Å². The third-order valence-electron chi connectivity index (χ3n) is 5.93. The molecule has 136 valence electrons. The Hall–Kier alpha value is -2.76. The van der Waals surface area contributed by atoms with Crippen molar-refractivity contribution in [3.63, 3.8) is 0 Å². The number of cyclic esters (lactones) is 1. The predicted molar refractivity (Wildman–Crippen MR) is 95.4 cm³/mol. The fourth-order valence-electron chi connectivity index (χ4n) is 4.28. The quantitative estimate of drug-likeness (QED) is 0.847. The lowest BCUT2D eigenvalue weighted by molar-refractivity contribution is -0.00284. The highest BCUT2D eigenvalue weighted by Crippen LogP contribution is 2.56. The summed E-state index contributed by atoms with van der Waals surface area (Å²) in [7, 11) is 3.24. The molecule has 0 spiro atoms. The van der Waals surface area contributed by atoms with E-state index < -0.39 is 11.1 Å². The molecule has 0 N–H and O–H groups in total. The summed E-state index contributed by atoms with van der Waals surface area (Å²) in [5, 5.41) is 0. The van der Waals surface area contributed by atoms with Crippen molar-refractivity contribution < 1.29 is 19.0 Å². The Labute approximate surface area is 152 Å². The van der Waals surface area contributed by atoms with Gasteiger partial charge in [-0.05, 0) is 49.6 Å². The Morgan fingerprint density at radius 2 is 1.92 bits per heavy atom. The molecule has 2 aromatic rings. The zero-order valence-electron chi connectivity index (χ0n) is 15.4. The maximum Gasteiger partial charge on any atom is 0.411 e. The van der Waals surface area contributed by atoms with Crippen molar-refractivity contribution in [3.8, 4) is 11.5 Å². The van der Waals surface area contributed by atoms with Gasteiger partial charge in [0.25, 0.3) is 0 Å². The van der Waals surface area contributed by atoms with Crippen molar-refractivity contribution >= 4 is 6.09 Å². The highest BCUT2D eigenvalue weighted by Gasteiger charge is 2.63. The molecule has 2 aliphatic rings. The number of amides is 1. The summed E-state index contributed by atoms with van der Waals surface area (Å²) in [5.41, 5.74) is 1.46. The lowest BCUT2D eigenvalue weighted by atomic mass is 9.69. The molecule has 6 heteroatoms. The van der Waals surface area contributed by atoms with E-state index >= 15 is 0 Å². The molecular weight excluding hydrogens is 332 g/mol. The fraction of sp³-hybridized carbons (Fsp3) is 0.400. The molecule has 4 rings (SSSR count). The van der Waals surface area contributed by atoms with Gasteiger partial charge >= 0.3 is 6.09 Å². The zero-order valence-corrected chi connectivity index (χ0v) is 15.4. The van der Waals surface area contributed by atoms with E-state index in [0.29, 0.717) is 18.0 Å². The number of methoxy groups -OCH3 is 2. The Kier molecular flexibility index (Phi) is 3.61.